The molecule has 3 rings (SSSR count). The molecule has 1 aliphatic heterocycles. The summed E-state index contributed by atoms with van der Waals surface area (Å²) in [6.07, 6.45) is 10.6. The lowest BCUT2D eigenvalue weighted by molar-refractivity contribution is -0.140. The Balaban J connectivity index is 1.62. The second kappa shape index (κ2) is 5.50. The van der Waals surface area contributed by atoms with E-state index in [9.17, 15) is 14.4 Å². The van der Waals surface area contributed by atoms with E-state index in [1.807, 2.05) is 6.08 Å². The van der Waals surface area contributed by atoms with Gasteiger partial charge in [-0.15, -0.1) is 0 Å². The first-order chi connectivity index (χ1) is 10.1. The van der Waals surface area contributed by atoms with Crippen LogP contribution in [0.5, 0.6) is 0 Å². The van der Waals surface area contributed by atoms with E-state index in [0.717, 1.165) is 37.1 Å². The number of rotatable bonds is 3. The Morgan fingerprint density at radius 1 is 1.33 bits per heavy atom. The third-order valence-electron chi connectivity index (χ3n) is 4.67. The molecule has 0 radical (unpaired) electrons. The molecule has 1 spiro atoms. The summed E-state index contributed by atoms with van der Waals surface area (Å²) in [4.78, 5) is 36.5. The Kier molecular flexibility index (Phi) is 3.69. The van der Waals surface area contributed by atoms with Crippen molar-refractivity contribution in [3.63, 3.8) is 0 Å². The fourth-order valence-electron chi connectivity index (χ4n) is 3.49. The Morgan fingerprint density at radius 2 is 2.10 bits per heavy atom. The van der Waals surface area contributed by atoms with Crippen LogP contribution in [0.25, 0.3) is 0 Å². The third kappa shape index (κ3) is 2.66. The van der Waals surface area contributed by atoms with Crippen LogP contribution in [0.1, 0.15) is 51.4 Å². The Labute approximate surface area is 123 Å². The number of nitrogens with one attached hydrogen (secondary N) is 2. The molecule has 0 bridgehead atoms. The van der Waals surface area contributed by atoms with E-state index < -0.39 is 11.6 Å². The fraction of sp³-hybridized carbons (Fsp3) is 0.667. The van der Waals surface area contributed by atoms with Crippen molar-refractivity contribution in [2.45, 2.75) is 56.9 Å². The highest BCUT2D eigenvalue weighted by Crippen LogP contribution is 2.33. The van der Waals surface area contributed by atoms with Crippen molar-refractivity contribution in [2.75, 3.05) is 0 Å². The third-order valence-corrected chi connectivity index (χ3v) is 4.67. The Bertz CT molecular complexity index is 494. The molecule has 21 heavy (non-hydrogen) atoms. The first-order valence-corrected chi connectivity index (χ1v) is 7.74. The van der Waals surface area contributed by atoms with Gasteiger partial charge in [0, 0.05) is 6.42 Å². The number of hydrazine groups is 1. The molecule has 4 amide bonds. The molecule has 0 unspecified atom stereocenters. The maximum atomic E-state index is 12.5. The minimum Gasteiger partial charge on any atom is -0.322 e. The number of carbonyl (C=O) groups is 3. The predicted octanol–water partition coefficient (Wildman–Crippen LogP) is 1.63. The van der Waals surface area contributed by atoms with Gasteiger partial charge in [-0.25, -0.2) is 4.79 Å². The number of urea groups is 1. The lowest BCUT2D eigenvalue weighted by Gasteiger charge is -2.30. The van der Waals surface area contributed by atoms with E-state index in [1.165, 1.54) is 0 Å². The van der Waals surface area contributed by atoms with Crippen LogP contribution in [0.2, 0.25) is 0 Å². The summed E-state index contributed by atoms with van der Waals surface area (Å²) in [5.74, 6) is -0.361. The topological polar surface area (TPSA) is 78.5 Å². The average Bonchev–Trinajstić information content (AvgIpc) is 3.04. The zero-order valence-electron chi connectivity index (χ0n) is 12.1. The smallest absolute Gasteiger partial charge is 0.322 e. The molecule has 0 aromatic rings. The first-order valence-electron chi connectivity index (χ1n) is 7.74. The molecule has 1 atom stereocenters. The summed E-state index contributed by atoms with van der Waals surface area (Å²) in [5.41, 5.74) is 1.69. The van der Waals surface area contributed by atoms with Gasteiger partial charge < -0.3 is 5.32 Å². The zero-order chi connectivity index (χ0) is 14.9. The first kappa shape index (κ1) is 14.1. The van der Waals surface area contributed by atoms with Crippen molar-refractivity contribution in [3.8, 4) is 0 Å². The van der Waals surface area contributed by atoms with Crippen molar-refractivity contribution in [3.05, 3.63) is 12.2 Å². The molecule has 0 aromatic carbocycles. The molecule has 2 N–H and O–H groups in total. The van der Waals surface area contributed by atoms with Crippen LogP contribution in [-0.2, 0) is 9.59 Å². The summed E-state index contributed by atoms with van der Waals surface area (Å²) in [7, 11) is 0. The van der Waals surface area contributed by atoms with E-state index in [-0.39, 0.29) is 17.7 Å². The highest BCUT2D eigenvalue weighted by molar-refractivity contribution is 6.08. The van der Waals surface area contributed by atoms with Crippen molar-refractivity contribution in [2.24, 2.45) is 5.92 Å². The number of allylic oxidation sites excluding steroid dienone is 2. The number of hydrogen-bond donors (Lipinski definition) is 2. The second-order valence-electron chi connectivity index (χ2n) is 6.22. The van der Waals surface area contributed by atoms with Crippen LogP contribution >= 0.6 is 0 Å². The normalized spacial score (nSPS) is 27.2. The van der Waals surface area contributed by atoms with Gasteiger partial charge in [-0.05, 0) is 31.6 Å². The van der Waals surface area contributed by atoms with E-state index in [2.05, 4.69) is 16.8 Å². The number of hydrogen-bond acceptors (Lipinski definition) is 3. The van der Waals surface area contributed by atoms with Crippen molar-refractivity contribution >= 4 is 17.8 Å². The molecule has 0 aromatic heterocycles. The largest absolute Gasteiger partial charge is 0.344 e. The highest BCUT2D eigenvalue weighted by Gasteiger charge is 2.52. The van der Waals surface area contributed by atoms with Crippen LogP contribution in [-0.4, -0.2) is 28.4 Å². The number of nitrogens with zero attached hydrogens (tertiary/aromatic N) is 1. The maximum Gasteiger partial charge on any atom is 0.344 e. The van der Waals surface area contributed by atoms with Gasteiger partial charge in [0.1, 0.15) is 5.54 Å². The van der Waals surface area contributed by atoms with Gasteiger partial charge in [0.25, 0.3) is 5.91 Å². The quantitative estimate of drug-likeness (QED) is 0.613. The van der Waals surface area contributed by atoms with E-state index in [0.29, 0.717) is 19.3 Å². The summed E-state index contributed by atoms with van der Waals surface area (Å²) in [5, 5.41) is 3.66. The fourth-order valence-corrected chi connectivity index (χ4v) is 3.49. The molecule has 2 fully saturated rings. The predicted molar refractivity (Wildman–Crippen MR) is 75.8 cm³/mol. The monoisotopic (exact) mass is 291 g/mol. The average molecular weight is 291 g/mol. The molecule has 114 valence electrons. The molecule has 6 nitrogen and oxygen atoms in total. The van der Waals surface area contributed by atoms with E-state index >= 15 is 0 Å². The minimum atomic E-state index is -0.782. The maximum absolute atomic E-state index is 12.5. The molecule has 1 heterocycles. The van der Waals surface area contributed by atoms with Crippen LogP contribution in [0.4, 0.5) is 4.79 Å². The van der Waals surface area contributed by atoms with Crippen LogP contribution in [0, 0.1) is 5.92 Å². The van der Waals surface area contributed by atoms with E-state index in [4.69, 9.17) is 0 Å². The molecule has 1 saturated carbocycles. The van der Waals surface area contributed by atoms with Crippen molar-refractivity contribution in [1.82, 2.24) is 15.8 Å². The zero-order valence-corrected chi connectivity index (χ0v) is 12.1. The second-order valence-corrected chi connectivity index (χ2v) is 6.22. The van der Waals surface area contributed by atoms with E-state index in [1.54, 1.807) is 0 Å². The van der Waals surface area contributed by atoms with Crippen LogP contribution in [0.3, 0.4) is 0 Å². The Morgan fingerprint density at radius 3 is 2.76 bits per heavy atom. The van der Waals surface area contributed by atoms with Gasteiger partial charge >= 0.3 is 6.03 Å². The standard InChI is InChI=1S/C15H21N3O3/c19-12(10-11-6-2-3-7-11)17-18-13(20)15(16-14(18)21)8-4-1-5-9-15/h2,6,11H,1,3-5,7-10H2,(H,16,21)(H,17,19)/t11-/m1/s1. The van der Waals surface area contributed by atoms with Gasteiger partial charge in [0.2, 0.25) is 5.91 Å². The van der Waals surface area contributed by atoms with Gasteiger partial charge in [-0.1, -0.05) is 31.4 Å². The number of imide groups is 1. The van der Waals surface area contributed by atoms with Gasteiger partial charge in [-0.3, -0.25) is 15.0 Å². The summed E-state index contributed by atoms with van der Waals surface area (Å²) in [6.45, 7) is 0. The van der Waals surface area contributed by atoms with Crippen LogP contribution < -0.4 is 10.7 Å². The van der Waals surface area contributed by atoms with Crippen molar-refractivity contribution < 1.29 is 14.4 Å². The highest BCUT2D eigenvalue weighted by atomic mass is 16.2. The lowest BCUT2D eigenvalue weighted by Crippen LogP contribution is -2.51. The molecule has 6 heteroatoms. The number of carbonyl (C=O) groups excluding carboxylic acids is 3. The molecule has 2 aliphatic carbocycles. The molecule has 3 aliphatic rings. The summed E-state index contributed by atoms with van der Waals surface area (Å²) < 4.78 is 0. The van der Waals surface area contributed by atoms with Gasteiger partial charge in [0.15, 0.2) is 0 Å². The van der Waals surface area contributed by atoms with Gasteiger partial charge in [-0.2, -0.15) is 5.01 Å². The van der Waals surface area contributed by atoms with Crippen molar-refractivity contribution in [1.29, 1.82) is 0 Å². The van der Waals surface area contributed by atoms with Gasteiger partial charge in [0.05, 0.1) is 0 Å². The SMILES string of the molecule is O=C(C[C@@H]1C=CCC1)NN1C(=O)NC2(CCCCC2)C1=O. The summed E-state index contributed by atoms with van der Waals surface area (Å²) in [6, 6.07) is -0.503. The molecular weight excluding hydrogens is 270 g/mol. The lowest BCUT2D eigenvalue weighted by atomic mass is 9.82. The molecular formula is C15H21N3O3. The Hall–Kier alpha value is -1.85. The van der Waals surface area contributed by atoms with Crippen LogP contribution in [0.15, 0.2) is 12.2 Å². The number of amides is 4. The molecule has 1 saturated heterocycles. The minimum absolute atomic E-state index is 0.217. The summed E-state index contributed by atoms with van der Waals surface area (Å²) >= 11 is 0.